The lowest BCUT2D eigenvalue weighted by Gasteiger charge is -2.25. The van der Waals surface area contributed by atoms with Gasteiger partial charge < -0.3 is 5.73 Å². The van der Waals surface area contributed by atoms with E-state index < -0.39 is 9.84 Å². The molecular weight excluding hydrogens is 234 g/mol. The molecule has 96 valence electrons. The number of hydrogen-bond donors (Lipinski definition) is 1. The van der Waals surface area contributed by atoms with Gasteiger partial charge in [-0.15, -0.1) is 0 Å². The van der Waals surface area contributed by atoms with Gasteiger partial charge in [0, 0.05) is 18.2 Å². The molecule has 1 aromatic carbocycles. The molecule has 0 aliphatic heterocycles. The van der Waals surface area contributed by atoms with Crippen molar-refractivity contribution in [3.63, 3.8) is 0 Å². The third-order valence-corrected chi connectivity index (χ3v) is 4.11. The number of sulfone groups is 1. The van der Waals surface area contributed by atoms with Crippen LogP contribution in [0.1, 0.15) is 32.3 Å². The quantitative estimate of drug-likeness (QED) is 0.897. The maximum Gasteiger partial charge on any atom is 0.175 e. The van der Waals surface area contributed by atoms with E-state index in [0.29, 0.717) is 10.8 Å². The van der Waals surface area contributed by atoms with E-state index in [1.54, 1.807) is 12.1 Å². The van der Waals surface area contributed by atoms with Gasteiger partial charge >= 0.3 is 0 Å². The second-order valence-electron chi connectivity index (χ2n) is 4.97. The fourth-order valence-corrected chi connectivity index (χ4v) is 2.86. The Hall–Kier alpha value is -0.870. The Balaban J connectivity index is 3.09. The van der Waals surface area contributed by atoms with Crippen molar-refractivity contribution >= 4 is 9.84 Å². The van der Waals surface area contributed by atoms with Crippen LogP contribution in [0.15, 0.2) is 29.2 Å². The summed E-state index contributed by atoms with van der Waals surface area (Å²) in [7, 11) is -3.12. The fourth-order valence-electron chi connectivity index (χ4n) is 2.23. The van der Waals surface area contributed by atoms with Gasteiger partial charge in [-0.2, -0.15) is 0 Å². The first kappa shape index (κ1) is 14.2. The second-order valence-corrected chi connectivity index (χ2v) is 6.99. The smallest absolute Gasteiger partial charge is 0.175 e. The molecule has 0 aliphatic rings. The third-order valence-electron chi connectivity index (χ3n) is 2.98. The maximum atomic E-state index is 11.4. The number of benzene rings is 1. The summed E-state index contributed by atoms with van der Waals surface area (Å²) in [4.78, 5) is 0.355. The first-order valence-electron chi connectivity index (χ1n) is 5.79. The molecular formula is C13H21NO2S. The van der Waals surface area contributed by atoms with E-state index in [0.717, 1.165) is 5.56 Å². The molecule has 0 saturated carbocycles. The lowest BCUT2D eigenvalue weighted by molar-refractivity contribution is 0.435. The Bertz CT molecular complexity index is 453. The first-order valence-corrected chi connectivity index (χ1v) is 7.68. The molecule has 0 aliphatic carbocycles. The van der Waals surface area contributed by atoms with E-state index in [9.17, 15) is 8.42 Å². The van der Waals surface area contributed by atoms with Crippen LogP contribution in [0.2, 0.25) is 0 Å². The molecule has 1 rings (SSSR count). The Kier molecular flexibility index (Phi) is 4.33. The van der Waals surface area contributed by atoms with Crippen LogP contribution in [-0.2, 0) is 9.84 Å². The summed E-state index contributed by atoms with van der Waals surface area (Å²) in [5.74, 6) is 0.683. The molecule has 2 atom stereocenters. The summed E-state index contributed by atoms with van der Waals surface area (Å²) >= 11 is 0. The zero-order valence-electron chi connectivity index (χ0n) is 10.8. The summed E-state index contributed by atoms with van der Waals surface area (Å²) in [5.41, 5.74) is 7.07. The van der Waals surface area contributed by atoms with E-state index in [2.05, 4.69) is 13.8 Å². The Labute approximate surface area is 104 Å². The predicted octanol–water partition coefficient (Wildman–Crippen LogP) is 2.18. The molecule has 0 fully saturated rings. The van der Waals surface area contributed by atoms with Crippen molar-refractivity contribution in [3.8, 4) is 0 Å². The molecule has 0 aromatic heterocycles. The summed E-state index contributed by atoms with van der Waals surface area (Å²) in [6.45, 7) is 6.23. The summed E-state index contributed by atoms with van der Waals surface area (Å²) in [5, 5.41) is 0. The van der Waals surface area contributed by atoms with Crippen LogP contribution in [0.4, 0.5) is 0 Å². The maximum absolute atomic E-state index is 11.4. The van der Waals surface area contributed by atoms with Crippen LogP contribution in [0.25, 0.3) is 0 Å². The fraction of sp³-hybridized carbons (Fsp3) is 0.538. The average Bonchev–Trinajstić information content (AvgIpc) is 2.15. The Morgan fingerprint density at radius 1 is 1.06 bits per heavy atom. The van der Waals surface area contributed by atoms with Gasteiger partial charge in [-0.3, -0.25) is 0 Å². The number of hydrogen-bond acceptors (Lipinski definition) is 3. The first-order chi connectivity index (χ1) is 7.73. The molecule has 0 amide bonds. The monoisotopic (exact) mass is 255 g/mol. The van der Waals surface area contributed by atoms with Crippen molar-refractivity contribution in [1.82, 2.24) is 0 Å². The van der Waals surface area contributed by atoms with E-state index in [4.69, 9.17) is 5.73 Å². The minimum Gasteiger partial charge on any atom is -0.327 e. The minimum absolute atomic E-state index is 0.0547. The molecule has 0 bridgehead atoms. The van der Waals surface area contributed by atoms with Crippen LogP contribution in [-0.4, -0.2) is 20.7 Å². The highest BCUT2D eigenvalue weighted by Gasteiger charge is 2.20. The van der Waals surface area contributed by atoms with Crippen LogP contribution in [0.3, 0.4) is 0 Å². The largest absolute Gasteiger partial charge is 0.327 e. The van der Waals surface area contributed by atoms with Crippen molar-refractivity contribution < 1.29 is 8.42 Å². The van der Waals surface area contributed by atoms with Crippen LogP contribution < -0.4 is 5.73 Å². The van der Waals surface area contributed by atoms with Crippen molar-refractivity contribution in [2.24, 2.45) is 11.7 Å². The molecule has 0 heterocycles. The molecule has 17 heavy (non-hydrogen) atoms. The molecule has 1 aromatic rings. The van der Waals surface area contributed by atoms with Gasteiger partial charge in [-0.1, -0.05) is 26.0 Å². The van der Waals surface area contributed by atoms with E-state index in [1.807, 2.05) is 19.1 Å². The van der Waals surface area contributed by atoms with Gasteiger partial charge in [0.25, 0.3) is 0 Å². The lowest BCUT2D eigenvalue weighted by Crippen LogP contribution is -2.28. The van der Waals surface area contributed by atoms with Gasteiger partial charge in [0.15, 0.2) is 9.84 Å². The Morgan fingerprint density at radius 2 is 1.53 bits per heavy atom. The molecule has 2 unspecified atom stereocenters. The van der Waals surface area contributed by atoms with Crippen molar-refractivity contribution in [2.45, 2.75) is 37.6 Å². The highest BCUT2D eigenvalue weighted by atomic mass is 32.2. The standard InChI is InChI=1S/C13H21NO2S/c1-9(2)13(10(3)14)11-5-7-12(8-6-11)17(4,15)16/h5-10,13H,14H2,1-4H3. The summed E-state index contributed by atoms with van der Waals surface area (Å²) in [6, 6.07) is 7.10. The van der Waals surface area contributed by atoms with E-state index >= 15 is 0 Å². The van der Waals surface area contributed by atoms with Crippen LogP contribution in [0, 0.1) is 5.92 Å². The van der Waals surface area contributed by atoms with E-state index in [1.165, 1.54) is 6.26 Å². The number of rotatable bonds is 4. The van der Waals surface area contributed by atoms with E-state index in [-0.39, 0.29) is 12.0 Å². The van der Waals surface area contributed by atoms with Gasteiger partial charge in [0.2, 0.25) is 0 Å². The molecule has 0 radical (unpaired) electrons. The Morgan fingerprint density at radius 3 is 1.82 bits per heavy atom. The summed E-state index contributed by atoms with van der Waals surface area (Å²) in [6.07, 6.45) is 1.22. The topological polar surface area (TPSA) is 60.2 Å². The normalized spacial score (nSPS) is 15.9. The van der Waals surface area contributed by atoms with Gasteiger partial charge in [-0.25, -0.2) is 8.42 Å². The minimum atomic E-state index is -3.12. The second kappa shape index (κ2) is 5.19. The summed E-state index contributed by atoms with van der Waals surface area (Å²) < 4.78 is 22.7. The SMILES string of the molecule is CC(C)C(c1ccc(S(C)(=O)=O)cc1)C(C)N. The molecule has 4 heteroatoms. The molecule has 2 N–H and O–H groups in total. The van der Waals surface area contributed by atoms with Crippen molar-refractivity contribution in [3.05, 3.63) is 29.8 Å². The zero-order chi connectivity index (χ0) is 13.2. The van der Waals surface area contributed by atoms with Crippen molar-refractivity contribution in [2.75, 3.05) is 6.26 Å². The van der Waals surface area contributed by atoms with Gasteiger partial charge in [-0.05, 0) is 30.5 Å². The lowest BCUT2D eigenvalue weighted by atomic mass is 9.83. The number of nitrogens with two attached hydrogens (primary N) is 1. The highest BCUT2D eigenvalue weighted by molar-refractivity contribution is 7.90. The average molecular weight is 255 g/mol. The molecule has 0 saturated heterocycles. The molecule has 0 spiro atoms. The third kappa shape index (κ3) is 3.54. The van der Waals surface area contributed by atoms with Gasteiger partial charge in [0.1, 0.15) is 0 Å². The molecule has 3 nitrogen and oxygen atoms in total. The zero-order valence-corrected chi connectivity index (χ0v) is 11.7. The predicted molar refractivity (Wildman–Crippen MR) is 70.8 cm³/mol. The van der Waals surface area contributed by atoms with Gasteiger partial charge in [0.05, 0.1) is 4.90 Å². The van der Waals surface area contributed by atoms with Crippen LogP contribution in [0.5, 0.6) is 0 Å². The highest BCUT2D eigenvalue weighted by Crippen LogP contribution is 2.27. The van der Waals surface area contributed by atoms with Crippen molar-refractivity contribution in [1.29, 1.82) is 0 Å². The van der Waals surface area contributed by atoms with Crippen LogP contribution >= 0.6 is 0 Å².